The largest absolute Gasteiger partial charge is 0.396 e. The highest BCUT2D eigenvalue weighted by atomic mass is 16.3. The maximum atomic E-state index is 12.9. The highest BCUT2D eigenvalue weighted by Crippen LogP contribution is 2.50. The second kappa shape index (κ2) is 5.38. The first-order valence-electron chi connectivity index (χ1n) is 8.38. The van der Waals surface area contributed by atoms with Gasteiger partial charge in [0.15, 0.2) is 0 Å². The van der Waals surface area contributed by atoms with Crippen LogP contribution in [-0.2, 0) is 15.6 Å². The molecule has 1 heterocycles. The fourth-order valence-corrected chi connectivity index (χ4v) is 3.51. The van der Waals surface area contributed by atoms with Crippen molar-refractivity contribution in [1.29, 1.82) is 0 Å². The van der Waals surface area contributed by atoms with Crippen LogP contribution in [0.4, 0.5) is 0 Å². The predicted octanol–water partition coefficient (Wildman–Crippen LogP) is 2.86. The maximum absolute atomic E-state index is 12.9. The summed E-state index contributed by atoms with van der Waals surface area (Å²) in [6, 6.07) is 8.63. The van der Waals surface area contributed by atoms with Crippen LogP contribution in [0.15, 0.2) is 24.3 Å². The predicted molar refractivity (Wildman–Crippen MR) is 87.8 cm³/mol. The Morgan fingerprint density at radius 3 is 2.36 bits per heavy atom. The van der Waals surface area contributed by atoms with E-state index >= 15 is 0 Å². The SMILES string of the molecule is CC(C)(C)c1ccc(C2(C(=O)N3CCC(CO)C3)CC2)cc1. The van der Waals surface area contributed by atoms with E-state index in [1.807, 2.05) is 4.90 Å². The topological polar surface area (TPSA) is 40.5 Å². The molecule has 1 aliphatic carbocycles. The molecule has 0 radical (unpaired) electrons. The van der Waals surface area contributed by atoms with Crippen molar-refractivity contribution in [3.05, 3.63) is 35.4 Å². The summed E-state index contributed by atoms with van der Waals surface area (Å²) in [4.78, 5) is 14.9. The fraction of sp³-hybridized carbons (Fsp3) is 0.632. The van der Waals surface area contributed by atoms with Gasteiger partial charge in [-0.1, -0.05) is 45.0 Å². The molecular formula is C19H27NO2. The third-order valence-electron chi connectivity index (χ3n) is 5.29. The minimum Gasteiger partial charge on any atom is -0.396 e. The smallest absolute Gasteiger partial charge is 0.233 e. The van der Waals surface area contributed by atoms with Crippen molar-refractivity contribution in [2.45, 2.75) is 50.9 Å². The van der Waals surface area contributed by atoms with Crippen molar-refractivity contribution >= 4 is 5.91 Å². The van der Waals surface area contributed by atoms with Crippen molar-refractivity contribution < 1.29 is 9.90 Å². The summed E-state index contributed by atoms with van der Waals surface area (Å²) < 4.78 is 0. The molecule has 3 nitrogen and oxygen atoms in total. The minimum atomic E-state index is -0.277. The molecule has 2 fully saturated rings. The summed E-state index contributed by atoms with van der Waals surface area (Å²) in [5.41, 5.74) is 2.34. The van der Waals surface area contributed by atoms with Gasteiger partial charge < -0.3 is 10.0 Å². The summed E-state index contributed by atoms with van der Waals surface area (Å²) in [5.74, 6) is 0.537. The van der Waals surface area contributed by atoms with E-state index < -0.39 is 0 Å². The lowest BCUT2D eigenvalue weighted by atomic mass is 9.84. The number of aliphatic hydroxyl groups is 1. The Labute approximate surface area is 133 Å². The molecule has 1 atom stereocenters. The van der Waals surface area contributed by atoms with Gasteiger partial charge in [0.05, 0.1) is 5.41 Å². The van der Waals surface area contributed by atoms with Gasteiger partial charge in [-0.15, -0.1) is 0 Å². The Kier molecular flexibility index (Phi) is 3.80. The van der Waals surface area contributed by atoms with Crippen LogP contribution in [0.1, 0.15) is 51.2 Å². The maximum Gasteiger partial charge on any atom is 0.233 e. The minimum absolute atomic E-state index is 0.141. The van der Waals surface area contributed by atoms with Crippen LogP contribution in [-0.4, -0.2) is 35.6 Å². The van der Waals surface area contributed by atoms with E-state index in [4.69, 9.17) is 0 Å². The normalized spacial score (nSPS) is 23.6. The molecule has 2 aliphatic rings. The Bertz CT molecular complexity index is 552. The second-order valence-corrected chi connectivity index (χ2v) is 8.00. The number of rotatable bonds is 3. The summed E-state index contributed by atoms with van der Waals surface area (Å²) in [6.45, 7) is 8.33. The van der Waals surface area contributed by atoms with Gasteiger partial charge in [0, 0.05) is 25.6 Å². The van der Waals surface area contributed by atoms with Crippen LogP contribution in [0.25, 0.3) is 0 Å². The van der Waals surface area contributed by atoms with Gasteiger partial charge in [0.25, 0.3) is 0 Å². The molecule has 1 N–H and O–H groups in total. The molecule has 0 spiro atoms. The Morgan fingerprint density at radius 1 is 1.27 bits per heavy atom. The standard InChI is InChI=1S/C19H27NO2/c1-18(2,3)15-4-6-16(7-5-15)19(9-10-19)17(22)20-11-8-14(12-20)13-21/h4-7,14,21H,8-13H2,1-3H3. The zero-order valence-corrected chi connectivity index (χ0v) is 13.9. The fourth-order valence-electron chi connectivity index (χ4n) is 3.51. The first-order chi connectivity index (χ1) is 10.4. The van der Waals surface area contributed by atoms with Crippen molar-refractivity contribution in [3.8, 4) is 0 Å². The van der Waals surface area contributed by atoms with E-state index in [2.05, 4.69) is 45.0 Å². The molecule has 1 aromatic rings. The highest BCUT2D eigenvalue weighted by Gasteiger charge is 2.53. The van der Waals surface area contributed by atoms with Crippen LogP contribution >= 0.6 is 0 Å². The van der Waals surface area contributed by atoms with E-state index in [0.717, 1.165) is 37.9 Å². The summed E-state index contributed by atoms with van der Waals surface area (Å²) in [7, 11) is 0. The molecule has 1 aliphatic heterocycles. The highest BCUT2D eigenvalue weighted by molar-refractivity contribution is 5.91. The van der Waals surface area contributed by atoms with E-state index in [1.165, 1.54) is 5.56 Å². The van der Waals surface area contributed by atoms with E-state index in [0.29, 0.717) is 0 Å². The molecule has 3 heteroatoms. The Hall–Kier alpha value is -1.35. The molecule has 22 heavy (non-hydrogen) atoms. The number of hydrogen-bond donors (Lipinski definition) is 1. The molecule has 0 aromatic heterocycles. The average molecular weight is 301 g/mol. The van der Waals surface area contributed by atoms with E-state index in [1.54, 1.807) is 0 Å². The molecule has 120 valence electrons. The van der Waals surface area contributed by atoms with Crippen molar-refractivity contribution in [3.63, 3.8) is 0 Å². The van der Waals surface area contributed by atoms with Crippen LogP contribution in [0, 0.1) is 5.92 Å². The van der Waals surface area contributed by atoms with Gasteiger partial charge in [-0.2, -0.15) is 0 Å². The molecule has 1 amide bonds. The second-order valence-electron chi connectivity index (χ2n) is 8.00. The average Bonchev–Trinajstić information content (AvgIpc) is 3.16. The number of nitrogens with zero attached hydrogens (tertiary/aromatic N) is 1. The summed E-state index contributed by atoms with van der Waals surface area (Å²) in [5, 5.41) is 9.27. The van der Waals surface area contributed by atoms with Gasteiger partial charge in [0.2, 0.25) is 5.91 Å². The van der Waals surface area contributed by atoms with Crippen LogP contribution in [0.3, 0.4) is 0 Å². The summed E-state index contributed by atoms with van der Waals surface area (Å²) in [6.07, 6.45) is 2.85. The molecule has 1 saturated carbocycles. The number of benzene rings is 1. The molecule has 1 aromatic carbocycles. The number of likely N-dealkylation sites (tertiary alicyclic amines) is 1. The summed E-state index contributed by atoms with van der Waals surface area (Å²) >= 11 is 0. The first kappa shape index (κ1) is 15.5. The van der Waals surface area contributed by atoms with Gasteiger partial charge >= 0.3 is 0 Å². The van der Waals surface area contributed by atoms with Crippen molar-refractivity contribution in [1.82, 2.24) is 4.90 Å². The number of amides is 1. The van der Waals surface area contributed by atoms with Crippen LogP contribution in [0.5, 0.6) is 0 Å². The van der Waals surface area contributed by atoms with Crippen LogP contribution in [0.2, 0.25) is 0 Å². The lowest BCUT2D eigenvalue weighted by Crippen LogP contribution is -2.38. The number of aliphatic hydroxyl groups excluding tert-OH is 1. The van der Waals surface area contributed by atoms with Gasteiger partial charge in [-0.3, -0.25) is 4.79 Å². The van der Waals surface area contributed by atoms with E-state index in [-0.39, 0.29) is 29.3 Å². The lowest BCUT2D eigenvalue weighted by Gasteiger charge is -2.25. The van der Waals surface area contributed by atoms with Crippen molar-refractivity contribution in [2.24, 2.45) is 5.92 Å². The first-order valence-corrected chi connectivity index (χ1v) is 8.38. The molecule has 0 bridgehead atoms. The van der Waals surface area contributed by atoms with Crippen LogP contribution < -0.4 is 0 Å². The van der Waals surface area contributed by atoms with Gasteiger partial charge in [0.1, 0.15) is 0 Å². The third kappa shape index (κ3) is 2.67. The van der Waals surface area contributed by atoms with Gasteiger partial charge in [-0.25, -0.2) is 0 Å². The Balaban J connectivity index is 1.77. The zero-order chi connectivity index (χ0) is 16.0. The van der Waals surface area contributed by atoms with Crippen molar-refractivity contribution in [2.75, 3.05) is 19.7 Å². The van der Waals surface area contributed by atoms with E-state index in [9.17, 15) is 9.90 Å². The quantitative estimate of drug-likeness (QED) is 0.932. The Morgan fingerprint density at radius 2 is 1.91 bits per heavy atom. The van der Waals surface area contributed by atoms with Gasteiger partial charge in [-0.05, 0) is 35.8 Å². The monoisotopic (exact) mass is 301 g/mol. The molecular weight excluding hydrogens is 274 g/mol. The number of carbonyl (C=O) groups is 1. The molecule has 1 unspecified atom stereocenters. The number of hydrogen-bond acceptors (Lipinski definition) is 2. The number of carbonyl (C=O) groups excluding carboxylic acids is 1. The lowest BCUT2D eigenvalue weighted by molar-refractivity contribution is -0.133. The molecule has 3 rings (SSSR count). The zero-order valence-electron chi connectivity index (χ0n) is 13.9. The third-order valence-corrected chi connectivity index (χ3v) is 5.29. The molecule has 1 saturated heterocycles.